The van der Waals surface area contributed by atoms with Gasteiger partial charge in [0.15, 0.2) is 0 Å². The monoisotopic (exact) mass is 195 g/mol. The SMILES string of the molecule is O=S(=O)(O)C(F)(F)F.O[B]O. The molecule has 0 amide bonds. The van der Waals surface area contributed by atoms with Gasteiger partial charge < -0.3 is 10.0 Å². The molecule has 0 aromatic carbocycles. The van der Waals surface area contributed by atoms with E-state index in [9.17, 15) is 13.2 Å². The third kappa shape index (κ3) is 7.58. The summed E-state index contributed by atoms with van der Waals surface area (Å²) in [6.07, 6.45) is 0. The van der Waals surface area contributed by atoms with Crippen LogP contribution in [0.3, 0.4) is 0 Å². The standard InChI is InChI=1S/CHF3O3S.BH2O2/c2-1(3,4)8(5,6)7;2-1-3/h(H,5,6,7);2-3H. The molecule has 0 aliphatic rings. The summed E-state index contributed by atoms with van der Waals surface area (Å²) < 4.78 is 57.5. The summed E-state index contributed by atoms with van der Waals surface area (Å²) in [4.78, 5) is 0. The zero-order valence-electron chi connectivity index (χ0n) is 4.78. The van der Waals surface area contributed by atoms with E-state index >= 15 is 0 Å². The molecule has 0 heterocycles. The summed E-state index contributed by atoms with van der Waals surface area (Å²) in [6, 6.07) is 0. The normalized spacial score (nSPS) is 11.5. The lowest BCUT2D eigenvalue weighted by atomic mass is 10.5. The fourth-order valence-corrected chi connectivity index (χ4v) is 0. The van der Waals surface area contributed by atoms with Gasteiger partial charge in [0.05, 0.1) is 0 Å². The van der Waals surface area contributed by atoms with Crippen LogP contribution in [0.15, 0.2) is 0 Å². The third-order valence-electron chi connectivity index (χ3n) is 0.292. The maximum atomic E-state index is 10.7. The molecule has 67 valence electrons. The molecule has 0 aliphatic carbocycles. The van der Waals surface area contributed by atoms with Gasteiger partial charge in [0.2, 0.25) is 0 Å². The van der Waals surface area contributed by atoms with Crippen LogP contribution in [0.2, 0.25) is 0 Å². The van der Waals surface area contributed by atoms with Crippen LogP contribution < -0.4 is 0 Å². The van der Waals surface area contributed by atoms with Crippen molar-refractivity contribution in [3.05, 3.63) is 0 Å². The van der Waals surface area contributed by atoms with Crippen molar-refractivity contribution in [1.82, 2.24) is 0 Å². The van der Waals surface area contributed by atoms with Crippen molar-refractivity contribution in [2.45, 2.75) is 5.51 Å². The van der Waals surface area contributed by atoms with Crippen LogP contribution in [-0.4, -0.2) is 36.2 Å². The molecule has 0 bridgehead atoms. The van der Waals surface area contributed by atoms with Gasteiger partial charge in [-0.1, -0.05) is 0 Å². The predicted octanol–water partition coefficient (Wildman–Crippen LogP) is -1.10. The highest BCUT2D eigenvalue weighted by Crippen LogP contribution is 2.20. The van der Waals surface area contributed by atoms with E-state index < -0.39 is 15.6 Å². The first-order valence-electron chi connectivity index (χ1n) is 1.80. The van der Waals surface area contributed by atoms with E-state index in [1.54, 1.807) is 0 Å². The minimum atomic E-state index is -5.84. The van der Waals surface area contributed by atoms with Crippen molar-refractivity contribution in [3.8, 4) is 0 Å². The Bertz CT molecular complexity index is 182. The highest BCUT2D eigenvalue weighted by Gasteiger charge is 2.44. The molecular formula is CH3BF3O5S. The summed E-state index contributed by atoms with van der Waals surface area (Å²) in [5.74, 6) is 0. The summed E-state index contributed by atoms with van der Waals surface area (Å²) in [5.41, 5.74) is -5.53. The Morgan fingerprint density at radius 3 is 1.27 bits per heavy atom. The number of hydrogen-bond donors (Lipinski definition) is 3. The molecule has 10 heteroatoms. The molecule has 0 fully saturated rings. The first-order valence-corrected chi connectivity index (χ1v) is 3.24. The zero-order chi connectivity index (χ0) is 9.71. The molecule has 1 radical (unpaired) electrons. The minimum absolute atomic E-state index is 0. The second-order valence-corrected chi connectivity index (χ2v) is 2.45. The molecule has 0 rings (SSSR count). The van der Waals surface area contributed by atoms with Gasteiger partial charge in [-0.3, -0.25) is 4.55 Å². The molecule has 0 spiro atoms. The van der Waals surface area contributed by atoms with Crippen LogP contribution in [0.25, 0.3) is 0 Å². The molecule has 0 aromatic heterocycles. The molecule has 0 saturated heterocycles. The van der Waals surface area contributed by atoms with Crippen LogP contribution in [0.5, 0.6) is 0 Å². The van der Waals surface area contributed by atoms with E-state index in [0.717, 1.165) is 0 Å². The van der Waals surface area contributed by atoms with E-state index in [0.29, 0.717) is 0 Å². The molecule has 0 saturated carbocycles. The van der Waals surface area contributed by atoms with Gasteiger partial charge in [-0.05, 0) is 0 Å². The molecule has 5 nitrogen and oxygen atoms in total. The van der Waals surface area contributed by atoms with Crippen LogP contribution in [0.1, 0.15) is 0 Å². The Hall–Kier alpha value is -0.315. The fourth-order valence-electron chi connectivity index (χ4n) is 0. The molecule has 3 N–H and O–H groups in total. The largest absolute Gasteiger partial charge is 0.522 e. The minimum Gasteiger partial charge on any atom is -0.429 e. The van der Waals surface area contributed by atoms with E-state index in [1.807, 2.05) is 0 Å². The highest BCUT2D eigenvalue weighted by molar-refractivity contribution is 7.86. The Balaban J connectivity index is 0. The first kappa shape index (κ1) is 13.3. The lowest BCUT2D eigenvalue weighted by molar-refractivity contribution is -0.0510. The van der Waals surface area contributed by atoms with Crippen LogP contribution in [0, 0.1) is 0 Å². The molecule has 0 atom stereocenters. The van der Waals surface area contributed by atoms with E-state index in [1.165, 1.54) is 0 Å². The number of hydrogen-bond acceptors (Lipinski definition) is 4. The van der Waals surface area contributed by atoms with Crippen molar-refractivity contribution in [2.75, 3.05) is 0 Å². The molecular weight excluding hydrogens is 192 g/mol. The molecule has 0 unspecified atom stereocenters. The molecule has 11 heavy (non-hydrogen) atoms. The maximum absolute atomic E-state index is 10.7. The zero-order valence-corrected chi connectivity index (χ0v) is 5.59. The van der Waals surface area contributed by atoms with Crippen molar-refractivity contribution in [3.63, 3.8) is 0 Å². The van der Waals surface area contributed by atoms with E-state index in [-0.39, 0.29) is 7.69 Å². The Morgan fingerprint density at radius 2 is 1.27 bits per heavy atom. The second-order valence-electron chi connectivity index (χ2n) is 1.04. The van der Waals surface area contributed by atoms with Gasteiger partial charge in [-0.15, -0.1) is 0 Å². The average molecular weight is 195 g/mol. The van der Waals surface area contributed by atoms with Gasteiger partial charge in [0, 0.05) is 0 Å². The van der Waals surface area contributed by atoms with Gasteiger partial charge in [0.25, 0.3) is 0 Å². The average Bonchev–Trinajstić information content (AvgIpc) is 1.60. The number of rotatable bonds is 0. The summed E-state index contributed by atoms with van der Waals surface area (Å²) in [5, 5.41) is 14.0. The maximum Gasteiger partial charge on any atom is 0.522 e. The van der Waals surface area contributed by atoms with Crippen molar-refractivity contribution in [2.24, 2.45) is 0 Å². The second kappa shape index (κ2) is 4.54. The van der Waals surface area contributed by atoms with E-state index in [2.05, 4.69) is 0 Å². The molecule has 0 aliphatic heterocycles. The Labute approximate surface area is 60.5 Å². The lowest BCUT2D eigenvalue weighted by Gasteiger charge is -1.97. The Kier molecular flexibility index (Phi) is 5.48. The smallest absolute Gasteiger partial charge is 0.429 e. The fraction of sp³-hybridized carbons (Fsp3) is 1.00. The lowest BCUT2D eigenvalue weighted by Crippen LogP contribution is -2.21. The number of halogens is 3. The van der Waals surface area contributed by atoms with Gasteiger partial charge in [0.1, 0.15) is 0 Å². The van der Waals surface area contributed by atoms with Gasteiger partial charge in [-0.2, -0.15) is 21.6 Å². The summed E-state index contributed by atoms with van der Waals surface area (Å²) in [7, 11) is -5.84. The molecule has 0 aromatic rings. The van der Waals surface area contributed by atoms with Crippen molar-refractivity contribution >= 4 is 17.8 Å². The summed E-state index contributed by atoms with van der Waals surface area (Å²) >= 11 is 0. The van der Waals surface area contributed by atoms with Crippen LogP contribution in [0.4, 0.5) is 13.2 Å². The third-order valence-corrected chi connectivity index (χ3v) is 0.877. The van der Waals surface area contributed by atoms with Gasteiger partial charge >= 0.3 is 23.3 Å². The van der Waals surface area contributed by atoms with E-state index in [4.69, 9.17) is 23.0 Å². The van der Waals surface area contributed by atoms with Crippen molar-refractivity contribution < 1.29 is 36.2 Å². The topological polar surface area (TPSA) is 94.8 Å². The van der Waals surface area contributed by atoms with Crippen LogP contribution >= 0.6 is 0 Å². The quantitative estimate of drug-likeness (QED) is 0.259. The van der Waals surface area contributed by atoms with Crippen molar-refractivity contribution in [1.29, 1.82) is 0 Å². The predicted molar refractivity (Wildman–Crippen MR) is 27.8 cm³/mol. The number of alkyl halides is 3. The Morgan fingerprint density at radius 1 is 1.18 bits per heavy atom. The summed E-state index contributed by atoms with van der Waals surface area (Å²) in [6.45, 7) is 0. The van der Waals surface area contributed by atoms with Crippen LogP contribution in [-0.2, 0) is 10.1 Å². The highest BCUT2D eigenvalue weighted by atomic mass is 32.2. The first-order chi connectivity index (χ1) is 4.66. The van der Waals surface area contributed by atoms with Gasteiger partial charge in [-0.25, -0.2) is 0 Å².